The second-order valence-corrected chi connectivity index (χ2v) is 7.31. The highest BCUT2D eigenvalue weighted by Crippen LogP contribution is 2.38. The Balaban J connectivity index is 1.56. The molecular weight excluding hydrogens is 382 g/mol. The van der Waals surface area contributed by atoms with E-state index in [0.717, 1.165) is 6.92 Å². The number of rotatable bonds is 4. The molecule has 2 aliphatic rings. The van der Waals surface area contributed by atoms with Crippen LogP contribution < -0.4 is 15.4 Å². The second kappa shape index (κ2) is 7.55. The molecule has 1 saturated heterocycles. The third-order valence-corrected chi connectivity index (χ3v) is 5.23. The van der Waals surface area contributed by atoms with E-state index in [1.165, 1.54) is 23.1 Å². The Kier molecular flexibility index (Phi) is 5.08. The molecule has 0 saturated carbocycles. The van der Waals surface area contributed by atoms with Gasteiger partial charge in [-0.2, -0.15) is 0 Å². The first kappa shape index (κ1) is 19.5. The summed E-state index contributed by atoms with van der Waals surface area (Å²) in [4.78, 5) is 35.4. The Morgan fingerprint density at radius 3 is 2.76 bits per heavy atom. The molecule has 7 nitrogen and oxygen atoms in total. The van der Waals surface area contributed by atoms with E-state index < -0.39 is 5.92 Å². The summed E-state index contributed by atoms with van der Waals surface area (Å²) < 4.78 is 33.1. The van der Waals surface area contributed by atoms with E-state index in [2.05, 4.69) is 9.97 Å². The van der Waals surface area contributed by atoms with E-state index in [1.54, 1.807) is 6.07 Å². The van der Waals surface area contributed by atoms with Crippen molar-refractivity contribution in [1.82, 2.24) is 9.97 Å². The molecule has 0 radical (unpaired) electrons. The van der Waals surface area contributed by atoms with Gasteiger partial charge >= 0.3 is 0 Å². The fourth-order valence-electron chi connectivity index (χ4n) is 3.88. The van der Waals surface area contributed by atoms with Gasteiger partial charge in [0.2, 0.25) is 5.91 Å². The van der Waals surface area contributed by atoms with Gasteiger partial charge in [-0.15, -0.1) is 0 Å². The topological polar surface area (TPSA) is 78.5 Å². The first-order valence-electron chi connectivity index (χ1n) is 9.56. The van der Waals surface area contributed by atoms with Gasteiger partial charge in [-0.25, -0.2) is 13.8 Å². The third-order valence-electron chi connectivity index (χ3n) is 5.23. The lowest BCUT2D eigenvalue weighted by molar-refractivity contribution is -0.118. The summed E-state index contributed by atoms with van der Waals surface area (Å²) in [5.41, 5.74) is 0.614. The number of ether oxygens (including phenoxy) is 1. The number of carbonyl (C=O) groups excluding carboxylic acids is 1. The van der Waals surface area contributed by atoms with E-state index in [9.17, 15) is 18.4 Å². The molecule has 1 fully saturated rings. The van der Waals surface area contributed by atoms with E-state index in [1.807, 2.05) is 4.90 Å². The molecule has 1 aromatic heterocycles. The van der Waals surface area contributed by atoms with Gasteiger partial charge in [0, 0.05) is 43.9 Å². The number of H-pyrrole nitrogens is 1. The van der Waals surface area contributed by atoms with Crippen LogP contribution in [0.25, 0.3) is 0 Å². The average Bonchev–Trinajstić information content (AvgIpc) is 3.11. The number of benzene rings is 1. The SMILES string of the molecule is CC(F)(F)c1cccc2c1CCN2C(=O)Cc1nc(N2CCOCC2)cc(=O)[nH]1. The van der Waals surface area contributed by atoms with Gasteiger partial charge < -0.3 is 19.5 Å². The van der Waals surface area contributed by atoms with Crippen LogP contribution in [0.4, 0.5) is 20.3 Å². The number of fused-ring (bicyclic) bond motifs is 1. The summed E-state index contributed by atoms with van der Waals surface area (Å²) in [6, 6.07) is 6.02. The van der Waals surface area contributed by atoms with Crippen molar-refractivity contribution in [2.45, 2.75) is 25.7 Å². The van der Waals surface area contributed by atoms with Gasteiger partial charge in [0.15, 0.2) is 0 Å². The summed E-state index contributed by atoms with van der Waals surface area (Å²) in [7, 11) is 0. The van der Waals surface area contributed by atoms with Crippen LogP contribution in [0.2, 0.25) is 0 Å². The molecule has 0 unspecified atom stereocenters. The summed E-state index contributed by atoms with van der Waals surface area (Å²) >= 11 is 0. The molecule has 1 aromatic carbocycles. The zero-order chi connectivity index (χ0) is 20.6. The van der Waals surface area contributed by atoms with Crippen LogP contribution in [0.1, 0.15) is 23.9 Å². The van der Waals surface area contributed by atoms with Gasteiger partial charge in [0.1, 0.15) is 11.6 Å². The molecule has 0 spiro atoms. The maximum absolute atomic E-state index is 13.9. The fraction of sp³-hybridized carbons (Fsp3) is 0.450. The van der Waals surface area contributed by atoms with Crippen LogP contribution in [0.3, 0.4) is 0 Å². The van der Waals surface area contributed by atoms with Crippen molar-refractivity contribution in [1.29, 1.82) is 0 Å². The maximum Gasteiger partial charge on any atom is 0.270 e. The zero-order valence-corrected chi connectivity index (χ0v) is 16.1. The Labute approximate surface area is 166 Å². The summed E-state index contributed by atoms with van der Waals surface area (Å²) in [6.07, 6.45) is 0.262. The normalized spacial score (nSPS) is 16.8. The first-order chi connectivity index (χ1) is 13.8. The number of alkyl halides is 2. The van der Waals surface area contributed by atoms with Crippen molar-refractivity contribution in [3.63, 3.8) is 0 Å². The molecule has 1 amide bonds. The van der Waals surface area contributed by atoms with E-state index >= 15 is 0 Å². The monoisotopic (exact) mass is 404 g/mol. The smallest absolute Gasteiger partial charge is 0.270 e. The van der Waals surface area contributed by atoms with Gasteiger partial charge in [0.05, 0.1) is 19.6 Å². The number of hydrogen-bond donors (Lipinski definition) is 1. The van der Waals surface area contributed by atoms with Crippen LogP contribution in [0.15, 0.2) is 29.1 Å². The minimum atomic E-state index is -2.97. The number of amides is 1. The Morgan fingerprint density at radius 2 is 2.03 bits per heavy atom. The Hall–Kier alpha value is -2.81. The van der Waals surface area contributed by atoms with Crippen LogP contribution in [-0.2, 0) is 28.3 Å². The highest BCUT2D eigenvalue weighted by Gasteiger charge is 2.34. The predicted octanol–water partition coefficient (Wildman–Crippen LogP) is 1.85. The highest BCUT2D eigenvalue weighted by molar-refractivity contribution is 5.96. The number of aromatic nitrogens is 2. The number of morpholine rings is 1. The van der Waals surface area contributed by atoms with Crippen molar-refractivity contribution in [2.24, 2.45) is 0 Å². The summed E-state index contributed by atoms with van der Waals surface area (Å²) in [6.45, 7) is 3.54. The Bertz CT molecular complexity index is 980. The summed E-state index contributed by atoms with van der Waals surface area (Å²) in [5.74, 6) is -2.49. The lowest BCUT2D eigenvalue weighted by Crippen LogP contribution is -2.38. The molecular formula is C20H22F2N4O3. The fourth-order valence-corrected chi connectivity index (χ4v) is 3.88. The molecule has 2 aliphatic heterocycles. The second-order valence-electron chi connectivity index (χ2n) is 7.31. The first-order valence-corrected chi connectivity index (χ1v) is 9.56. The molecule has 0 aliphatic carbocycles. The van der Waals surface area contributed by atoms with Crippen LogP contribution >= 0.6 is 0 Å². The number of carbonyl (C=O) groups is 1. The van der Waals surface area contributed by atoms with Gasteiger partial charge in [0.25, 0.3) is 11.5 Å². The molecule has 1 N–H and O–H groups in total. The predicted molar refractivity (Wildman–Crippen MR) is 104 cm³/mol. The Morgan fingerprint density at radius 1 is 1.28 bits per heavy atom. The van der Waals surface area contributed by atoms with Crippen molar-refractivity contribution >= 4 is 17.4 Å². The van der Waals surface area contributed by atoms with Crippen molar-refractivity contribution < 1.29 is 18.3 Å². The molecule has 154 valence electrons. The van der Waals surface area contributed by atoms with E-state index in [4.69, 9.17) is 4.74 Å². The maximum atomic E-state index is 13.9. The average molecular weight is 404 g/mol. The van der Waals surface area contributed by atoms with Crippen LogP contribution in [0.5, 0.6) is 0 Å². The van der Waals surface area contributed by atoms with Crippen molar-refractivity contribution in [2.75, 3.05) is 42.6 Å². The molecule has 9 heteroatoms. The van der Waals surface area contributed by atoms with Crippen molar-refractivity contribution in [3.8, 4) is 0 Å². The van der Waals surface area contributed by atoms with Crippen LogP contribution in [0, 0.1) is 0 Å². The van der Waals surface area contributed by atoms with Gasteiger partial charge in [-0.3, -0.25) is 9.59 Å². The molecule has 29 heavy (non-hydrogen) atoms. The number of nitrogens with zero attached hydrogens (tertiary/aromatic N) is 3. The quantitative estimate of drug-likeness (QED) is 0.842. The van der Waals surface area contributed by atoms with E-state index in [-0.39, 0.29) is 29.3 Å². The number of aromatic amines is 1. The number of halogens is 2. The standard InChI is InChI=1S/C20H22F2N4O3/c1-20(21,22)14-3-2-4-15-13(14)5-6-26(15)19(28)11-16-23-17(12-18(27)24-16)25-7-9-29-10-8-25/h2-4,12H,5-11H2,1H3,(H,23,24,27). The van der Waals surface area contributed by atoms with E-state index in [0.29, 0.717) is 56.3 Å². The molecule has 0 atom stereocenters. The highest BCUT2D eigenvalue weighted by atomic mass is 19.3. The third kappa shape index (κ3) is 4.00. The molecule has 3 heterocycles. The number of nitrogens with one attached hydrogen (secondary N) is 1. The largest absolute Gasteiger partial charge is 0.378 e. The molecule has 4 rings (SSSR count). The molecule has 0 bridgehead atoms. The lowest BCUT2D eigenvalue weighted by Gasteiger charge is -2.27. The minimum Gasteiger partial charge on any atom is -0.378 e. The van der Waals surface area contributed by atoms with Crippen LogP contribution in [-0.4, -0.2) is 48.7 Å². The zero-order valence-electron chi connectivity index (χ0n) is 16.1. The number of anilines is 2. The van der Waals surface area contributed by atoms with Gasteiger partial charge in [-0.1, -0.05) is 12.1 Å². The van der Waals surface area contributed by atoms with Gasteiger partial charge in [-0.05, 0) is 18.1 Å². The van der Waals surface area contributed by atoms with Crippen molar-refractivity contribution in [3.05, 3.63) is 51.6 Å². The minimum absolute atomic E-state index is 0.0499. The molecule has 2 aromatic rings. The summed E-state index contributed by atoms with van der Waals surface area (Å²) in [5, 5.41) is 0. The lowest BCUT2D eigenvalue weighted by atomic mass is 10.0. The number of hydrogen-bond acceptors (Lipinski definition) is 5.